The van der Waals surface area contributed by atoms with Gasteiger partial charge in [0.05, 0.1) is 0 Å². The number of hydrogen-bond acceptors (Lipinski definition) is 3. The molecule has 0 spiro atoms. The molecule has 0 bridgehead atoms. The summed E-state index contributed by atoms with van der Waals surface area (Å²) in [6, 6.07) is 12.7. The fourth-order valence-electron chi connectivity index (χ4n) is 2.29. The number of pyridine rings is 1. The molecular weight excluding hydrogens is 266 g/mol. The molecule has 2 heterocycles. The minimum Gasteiger partial charge on any atom is -0.504 e. The molecule has 106 valence electrons. The zero-order chi connectivity index (χ0) is 14.8. The topological polar surface area (TPSA) is 57.8 Å². The maximum Gasteiger partial charge on any atom is 0.278 e. The van der Waals surface area contributed by atoms with E-state index < -0.39 is 0 Å². The lowest BCUT2D eigenvalue weighted by Gasteiger charge is -2.19. The van der Waals surface area contributed by atoms with Crippen LogP contribution in [0.15, 0.2) is 54.9 Å². The van der Waals surface area contributed by atoms with Crippen molar-refractivity contribution in [1.29, 1.82) is 0 Å². The van der Waals surface area contributed by atoms with E-state index in [0.29, 0.717) is 17.9 Å². The second-order valence-corrected chi connectivity index (χ2v) is 4.64. The molecule has 3 aromatic rings. The number of imidazole rings is 1. The molecule has 5 heteroatoms. The average Bonchev–Trinajstić information content (AvgIpc) is 2.95. The van der Waals surface area contributed by atoms with Crippen LogP contribution >= 0.6 is 0 Å². The molecule has 5 nitrogen and oxygen atoms in total. The third-order valence-electron chi connectivity index (χ3n) is 3.31. The number of fused-ring (bicyclic) bond motifs is 1. The lowest BCUT2D eigenvalue weighted by Crippen LogP contribution is -2.30. The fraction of sp³-hybridized carbons (Fsp3) is 0.125. The third kappa shape index (κ3) is 2.33. The van der Waals surface area contributed by atoms with Crippen LogP contribution in [0, 0.1) is 0 Å². The van der Waals surface area contributed by atoms with Gasteiger partial charge in [-0.05, 0) is 31.2 Å². The molecule has 0 fully saturated rings. The second kappa shape index (κ2) is 5.28. The number of carbonyl (C=O) groups is 1. The van der Waals surface area contributed by atoms with Gasteiger partial charge in [0, 0.05) is 24.6 Å². The number of aromatic hydroxyl groups is 1. The molecule has 1 aromatic carbocycles. The molecule has 21 heavy (non-hydrogen) atoms. The summed E-state index contributed by atoms with van der Waals surface area (Å²) in [5, 5.41) is 9.77. The predicted octanol–water partition coefficient (Wildman–Crippen LogP) is 2.71. The van der Waals surface area contributed by atoms with Gasteiger partial charge in [0.2, 0.25) is 0 Å². The molecule has 0 radical (unpaired) electrons. The van der Waals surface area contributed by atoms with E-state index in [9.17, 15) is 9.90 Å². The SMILES string of the molecule is CCN(C(=O)c1cn2cccc(O)c2n1)c1ccccc1. The zero-order valence-corrected chi connectivity index (χ0v) is 11.6. The van der Waals surface area contributed by atoms with Crippen LogP contribution in [0.5, 0.6) is 5.75 Å². The van der Waals surface area contributed by atoms with Gasteiger partial charge < -0.3 is 14.4 Å². The monoisotopic (exact) mass is 281 g/mol. The van der Waals surface area contributed by atoms with Crippen LogP contribution in [0.4, 0.5) is 5.69 Å². The molecular formula is C16H15N3O2. The summed E-state index contributed by atoms with van der Waals surface area (Å²) in [6.45, 7) is 2.46. The third-order valence-corrected chi connectivity index (χ3v) is 3.31. The van der Waals surface area contributed by atoms with E-state index in [4.69, 9.17) is 0 Å². The van der Waals surface area contributed by atoms with Crippen molar-refractivity contribution in [3.63, 3.8) is 0 Å². The van der Waals surface area contributed by atoms with E-state index in [2.05, 4.69) is 4.98 Å². The van der Waals surface area contributed by atoms with Gasteiger partial charge in [0.1, 0.15) is 5.69 Å². The first-order valence-electron chi connectivity index (χ1n) is 6.74. The summed E-state index contributed by atoms with van der Waals surface area (Å²) in [4.78, 5) is 18.5. The van der Waals surface area contributed by atoms with E-state index in [0.717, 1.165) is 5.69 Å². The van der Waals surface area contributed by atoms with Gasteiger partial charge in [-0.3, -0.25) is 4.79 Å². The Bertz CT molecular complexity index is 781. The van der Waals surface area contributed by atoms with E-state index in [1.807, 2.05) is 37.3 Å². The number of amides is 1. The Morgan fingerprint density at radius 2 is 2.00 bits per heavy atom. The summed E-state index contributed by atoms with van der Waals surface area (Å²) >= 11 is 0. The molecule has 0 aliphatic carbocycles. The lowest BCUT2D eigenvalue weighted by molar-refractivity contribution is 0.0984. The first kappa shape index (κ1) is 13.2. The number of carbonyl (C=O) groups excluding carboxylic acids is 1. The highest BCUT2D eigenvalue weighted by molar-refractivity contribution is 6.05. The van der Waals surface area contributed by atoms with Crippen LogP contribution in [0.2, 0.25) is 0 Å². The van der Waals surface area contributed by atoms with Gasteiger partial charge in [-0.2, -0.15) is 0 Å². The molecule has 2 aromatic heterocycles. The minimum atomic E-state index is -0.188. The van der Waals surface area contributed by atoms with Crippen molar-refractivity contribution in [1.82, 2.24) is 9.38 Å². The van der Waals surface area contributed by atoms with Crippen molar-refractivity contribution in [2.75, 3.05) is 11.4 Å². The molecule has 0 saturated carbocycles. The first-order chi connectivity index (χ1) is 10.2. The van der Waals surface area contributed by atoms with Crippen molar-refractivity contribution in [2.45, 2.75) is 6.92 Å². The van der Waals surface area contributed by atoms with Gasteiger partial charge in [-0.15, -0.1) is 0 Å². The maximum atomic E-state index is 12.6. The molecule has 0 atom stereocenters. The van der Waals surface area contributed by atoms with Gasteiger partial charge in [0.25, 0.3) is 5.91 Å². The van der Waals surface area contributed by atoms with Crippen LogP contribution in [0.3, 0.4) is 0 Å². The van der Waals surface area contributed by atoms with Crippen molar-refractivity contribution in [3.05, 3.63) is 60.6 Å². The molecule has 0 unspecified atom stereocenters. The van der Waals surface area contributed by atoms with Gasteiger partial charge in [-0.1, -0.05) is 18.2 Å². The number of benzene rings is 1. The Morgan fingerprint density at radius 1 is 1.24 bits per heavy atom. The second-order valence-electron chi connectivity index (χ2n) is 4.64. The molecule has 1 N–H and O–H groups in total. The smallest absolute Gasteiger partial charge is 0.278 e. The summed E-state index contributed by atoms with van der Waals surface area (Å²) in [6.07, 6.45) is 3.38. The Kier molecular flexibility index (Phi) is 3.31. The minimum absolute atomic E-state index is 0.0549. The highest BCUT2D eigenvalue weighted by Gasteiger charge is 2.19. The van der Waals surface area contributed by atoms with Crippen LogP contribution in [-0.2, 0) is 0 Å². The summed E-state index contributed by atoms with van der Waals surface area (Å²) in [5.74, 6) is -0.133. The normalized spacial score (nSPS) is 10.7. The van der Waals surface area contributed by atoms with E-state index in [1.165, 1.54) is 0 Å². The van der Waals surface area contributed by atoms with Gasteiger partial charge in [-0.25, -0.2) is 4.98 Å². The molecule has 1 amide bonds. The summed E-state index contributed by atoms with van der Waals surface area (Å²) in [7, 11) is 0. The van der Waals surface area contributed by atoms with E-state index in [-0.39, 0.29) is 11.7 Å². The molecule has 0 aliphatic heterocycles. The highest BCUT2D eigenvalue weighted by atomic mass is 16.3. The van der Waals surface area contributed by atoms with Crippen LogP contribution < -0.4 is 4.90 Å². The van der Waals surface area contributed by atoms with Crippen LogP contribution in [0.1, 0.15) is 17.4 Å². The van der Waals surface area contributed by atoms with Crippen molar-refractivity contribution >= 4 is 17.2 Å². The number of rotatable bonds is 3. The Balaban J connectivity index is 2.01. The van der Waals surface area contributed by atoms with Gasteiger partial charge in [0.15, 0.2) is 11.4 Å². The molecule has 0 saturated heterocycles. The standard InChI is InChI=1S/C16H15N3O2/c1-2-19(12-7-4-3-5-8-12)16(21)13-11-18-10-6-9-14(20)15(18)17-13/h3-11,20H,2H2,1H3. The van der Waals surface area contributed by atoms with Gasteiger partial charge >= 0.3 is 0 Å². The van der Waals surface area contributed by atoms with E-state index >= 15 is 0 Å². The Morgan fingerprint density at radius 3 is 2.67 bits per heavy atom. The average molecular weight is 281 g/mol. The van der Waals surface area contributed by atoms with E-state index in [1.54, 1.807) is 33.8 Å². The summed E-state index contributed by atoms with van der Waals surface area (Å²) in [5.41, 5.74) is 1.51. The van der Waals surface area contributed by atoms with Crippen LogP contribution in [0.25, 0.3) is 5.65 Å². The highest BCUT2D eigenvalue weighted by Crippen LogP contribution is 2.20. The first-order valence-corrected chi connectivity index (χ1v) is 6.74. The van der Waals surface area contributed by atoms with Crippen molar-refractivity contribution in [2.24, 2.45) is 0 Å². The maximum absolute atomic E-state index is 12.6. The Labute approximate surface area is 122 Å². The number of nitrogens with zero attached hydrogens (tertiary/aromatic N) is 3. The predicted molar refractivity (Wildman–Crippen MR) is 80.6 cm³/mol. The molecule has 0 aliphatic rings. The number of hydrogen-bond donors (Lipinski definition) is 1. The Hall–Kier alpha value is -2.82. The molecule has 3 rings (SSSR count). The largest absolute Gasteiger partial charge is 0.504 e. The van der Waals surface area contributed by atoms with Crippen LogP contribution in [-0.4, -0.2) is 26.9 Å². The zero-order valence-electron chi connectivity index (χ0n) is 11.6. The number of aromatic nitrogens is 2. The fourth-order valence-corrected chi connectivity index (χ4v) is 2.29. The van der Waals surface area contributed by atoms with Crippen molar-refractivity contribution < 1.29 is 9.90 Å². The quantitative estimate of drug-likeness (QED) is 0.803. The number of anilines is 1. The summed E-state index contributed by atoms with van der Waals surface area (Å²) < 4.78 is 1.64. The number of para-hydroxylation sites is 1. The van der Waals surface area contributed by atoms with Crippen molar-refractivity contribution in [3.8, 4) is 5.75 Å². The lowest BCUT2D eigenvalue weighted by atomic mass is 10.2.